The van der Waals surface area contributed by atoms with Crippen molar-refractivity contribution in [2.24, 2.45) is 13.0 Å². The van der Waals surface area contributed by atoms with Crippen molar-refractivity contribution in [3.8, 4) is 0 Å². The third kappa shape index (κ3) is 2.56. The second-order valence-electron chi connectivity index (χ2n) is 3.69. The van der Waals surface area contributed by atoms with E-state index in [1.165, 1.54) is 0 Å². The average molecular weight is 181 g/mol. The number of nitrogens with one attached hydrogen (secondary N) is 1. The average Bonchev–Trinajstić information content (AvgIpc) is 2.46. The van der Waals surface area contributed by atoms with Crippen molar-refractivity contribution in [1.29, 1.82) is 0 Å². The summed E-state index contributed by atoms with van der Waals surface area (Å²) >= 11 is 0. The molecule has 0 saturated carbocycles. The van der Waals surface area contributed by atoms with Crippen molar-refractivity contribution in [2.45, 2.75) is 26.8 Å². The molecule has 0 aliphatic carbocycles. The molecule has 0 radical (unpaired) electrons. The van der Waals surface area contributed by atoms with Gasteiger partial charge in [0.15, 0.2) is 0 Å². The number of rotatable bonds is 4. The molecule has 0 amide bonds. The zero-order chi connectivity index (χ0) is 9.84. The van der Waals surface area contributed by atoms with E-state index in [-0.39, 0.29) is 0 Å². The summed E-state index contributed by atoms with van der Waals surface area (Å²) in [5.41, 5.74) is 1.14. The summed E-state index contributed by atoms with van der Waals surface area (Å²) in [5, 5.41) is 7.84. The van der Waals surface area contributed by atoms with Gasteiger partial charge in [-0.2, -0.15) is 5.10 Å². The van der Waals surface area contributed by atoms with Crippen LogP contribution in [0.15, 0.2) is 12.3 Å². The van der Waals surface area contributed by atoms with E-state index in [0.717, 1.165) is 12.2 Å². The fourth-order valence-electron chi connectivity index (χ4n) is 1.50. The Morgan fingerprint density at radius 3 is 2.62 bits per heavy atom. The second kappa shape index (κ2) is 4.42. The second-order valence-corrected chi connectivity index (χ2v) is 3.69. The van der Waals surface area contributed by atoms with Gasteiger partial charge in [0.05, 0.1) is 11.7 Å². The molecule has 0 spiro atoms. The maximum absolute atomic E-state index is 4.41. The molecule has 0 saturated heterocycles. The molecule has 1 atom stereocenters. The monoisotopic (exact) mass is 181 g/mol. The third-order valence-electron chi connectivity index (χ3n) is 2.14. The molecular weight excluding hydrogens is 162 g/mol. The molecule has 0 bridgehead atoms. The van der Waals surface area contributed by atoms with E-state index < -0.39 is 0 Å². The van der Waals surface area contributed by atoms with Crippen LogP contribution in [0.25, 0.3) is 0 Å². The van der Waals surface area contributed by atoms with Crippen LogP contribution in [0.3, 0.4) is 0 Å². The summed E-state index contributed by atoms with van der Waals surface area (Å²) in [6, 6.07) is 2.46. The van der Waals surface area contributed by atoms with Gasteiger partial charge in [-0.05, 0) is 18.5 Å². The van der Waals surface area contributed by atoms with Gasteiger partial charge in [-0.25, -0.2) is 0 Å². The van der Waals surface area contributed by atoms with E-state index in [2.05, 4.69) is 37.3 Å². The number of hydrogen-bond donors (Lipinski definition) is 1. The first-order valence-corrected chi connectivity index (χ1v) is 4.88. The molecular formula is C10H19N3. The minimum atomic E-state index is 0.381. The highest BCUT2D eigenvalue weighted by Gasteiger charge is 2.16. The van der Waals surface area contributed by atoms with Crippen LogP contribution in [0.5, 0.6) is 0 Å². The summed E-state index contributed by atoms with van der Waals surface area (Å²) in [4.78, 5) is 0. The highest BCUT2D eigenvalue weighted by atomic mass is 15.3. The Hall–Kier alpha value is -0.830. The molecule has 1 rings (SSSR count). The van der Waals surface area contributed by atoms with Gasteiger partial charge < -0.3 is 5.32 Å². The van der Waals surface area contributed by atoms with Crippen LogP contribution in [0.2, 0.25) is 0 Å². The molecule has 1 unspecified atom stereocenters. The summed E-state index contributed by atoms with van der Waals surface area (Å²) in [6.45, 7) is 7.53. The van der Waals surface area contributed by atoms with Crippen molar-refractivity contribution < 1.29 is 0 Å². The molecule has 0 fully saturated rings. The van der Waals surface area contributed by atoms with Gasteiger partial charge in [0.25, 0.3) is 0 Å². The highest BCUT2D eigenvalue weighted by Crippen LogP contribution is 2.18. The van der Waals surface area contributed by atoms with Crippen molar-refractivity contribution in [3.63, 3.8) is 0 Å². The Bertz CT molecular complexity index is 252. The van der Waals surface area contributed by atoms with Gasteiger partial charge in [-0.1, -0.05) is 20.8 Å². The Morgan fingerprint density at radius 1 is 1.54 bits per heavy atom. The van der Waals surface area contributed by atoms with E-state index in [0.29, 0.717) is 12.0 Å². The standard InChI is InChI=1S/C10H19N3/c1-5-11-10(8(2)3)9-6-7-13(4)12-9/h6-8,10-11H,5H2,1-4H3. The van der Waals surface area contributed by atoms with Crippen molar-refractivity contribution in [1.82, 2.24) is 15.1 Å². The molecule has 3 nitrogen and oxygen atoms in total. The van der Waals surface area contributed by atoms with Gasteiger partial charge in [0.2, 0.25) is 0 Å². The number of aromatic nitrogens is 2. The molecule has 1 N–H and O–H groups in total. The first kappa shape index (κ1) is 10.3. The minimum absolute atomic E-state index is 0.381. The zero-order valence-corrected chi connectivity index (χ0v) is 8.91. The van der Waals surface area contributed by atoms with Crippen LogP contribution in [-0.2, 0) is 7.05 Å². The smallest absolute Gasteiger partial charge is 0.0796 e. The lowest BCUT2D eigenvalue weighted by Gasteiger charge is -2.19. The lowest BCUT2D eigenvalue weighted by molar-refractivity contribution is 0.409. The molecule has 0 aromatic carbocycles. The first-order valence-electron chi connectivity index (χ1n) is 4.88. The maximum Gasteiger partial charge on any atom is 0.0796 e. The van der Waals surface area contributed by atoms with E-state index >= 15 is 0 Å². The Morgan fingerprint density at radius 2 is 2.23 bits per heavy atom. The molecule has 0 aliphatic heterocycles. The van der Waals surface area contributed by atoms with Gasteiger partial charge in [-0.15, -0.1) is 0 Å². The van der Waals surface area contributed by atoms with E-state index in [4.69, 9.17) is 0 Å². The largest absolute Gasteiger partial charge is 0.309 e. The summed E-state index contributed by atoms with van der Waals surface area (Å²) in [7, 11) is 1.95. The third-order valence-corrected chi connectivity index (χ3v) is 2.14. The summed E-state index contributed by atoms with van der Waals surface area (Å²) < 4.78 is 1.85. The van der Waals surface area contributed by atoms with Crippen molar-refractivity contribution in [2.75, 3.05) is 6.54 Å². The van der Waals surface area contributed by atoms with Gasteiger partial charge >= 0.3 is 0 Å². The maximum atomic E-state index is 4.41. The van der Waals surface area contributed by atoms with E-state index in [9.17, 15) is 0 Å². The van der Waals surface area contributed by atoms with Crippen LogP contribution in [0, 0.1) is 5.92 Å². The van der Waals surface area contributed by atoms with Gasteiger partial charge in [0.1, 0.15) is 0 Å². The minimum Gasteiger partial charge on any atom is -0.309 e. The SMILES string of the molecule is CCNC(c1ccn(C)n1)C(C)C. The van der Waals surface area contributed by atoms with E-state index in [1.54, 1.807) is 0 Å². The molecule has 0 aliphatic rings. The molecule has 1 aromatic heterocycles. The molecule has 1 aromatic rings. The van der Waals surface area contributed by atoms with Crippen LogP contribution in [0.1, 0.15) is 32.5 Å². The Kier molecular flexibility index (Phi) is 3.48. The normalized spacial score (nSPS) is 13.6. The van der Waals surface area contributed by atoms with Crippen LogP contribution in [-0.4, -0.2) is 16.3 Å². The highest BCUT2D eigenvalue weighted by molar-refractivity contribution is 5.06. The van der Waals surface area contributed by atoms with Crippen LogP contribution in [0.4, 0.5) is 0 Å². The molecule has 3 heteroatoms. The van der Waals surface area contributed by atoms with Crippen molar-refractivity contribution >= 4 is 0 Å². The molecule has 1 heterocycles. The summed E-state index contributed by atoms with van der Waals surface area (Å²) in [5.74, 6) is 0.579. The predicted molar refractivity (Wildman–Crippen MR) is 54.5 cm³/mol. The lowest BCUT2D eigenvalue weighted by Crippen LogP contribution is -2.25. The number of aryl methyl sites for hydroxylation is 1. The van der Waals surface area contributed by atoms with Gasteiger partial charge in [-0.3, -0.25) is 4.68 Å². The van der Waals surface area contributed by atoms with E-state index in [1.807, 2.05) is 17.9 Å². The first-order chi connectivity index (χ1) is 6.15. The number of hydrogen-bond acceptors (Lipinski definition) is 2. The Labute approximate surface area is 80.1 Å². The fourth-order valence-corrected chi connectivity index (χ4v) is 1.50. The van der Waals surface area contributed by atoms with Crippen LogP contribution >= 0.6 is 0 Å². The lowest BCUT2D eigenvalue weighted by atomic mass is 10.0. The summed E-state index contributed by atoms with van der Waals surface area (Å²) in [6.07, 6.45) is 1.99. The van der Waals surface area contributed by atoms with Crippen molar-refractivity contribution in [3.05, 3.63) is 18.0 Å². The quantitative estimate of drug-likeness (QED) is 0.766. The van der Waals surface area contributed by atoms with Gasteiger partial charge in [0, 0.05) is 13.2 Å². The predicted octanol–water partition coefficient (Wildman–Crippen LogP) is 1.73. The van der Waals surface area contributed by atoms with Crippen LogP contribution < -0.4 is 5.32 Å². The number of nitrogens with zero attached hydrogens (tertiary/aromatic N) is 2. The fraction of sp³-hybridized carbons (Fsp3) is 0.700. The Balaban J connectivity index is 2.75. The molecule has 74 valence electrons. The molecule has 13 heavy (non-hydrogen) atoms. The zero-order valence-electron chi connectivity index (χ0n) is 8.91. The topological polar surface area (TPSA) is 29.9 Å².